The quantitative estimate of drug-likeness (QED) is 0.599. The van der Waals surface area contributed by atoms with E-state index in [0.717, 1.165) is 5.69 Å². The third-order valence-electron chi connectivity index (χ3n) is 4.99. The first-order chi connectivity index (χ1) is 14.8. The molecule has 0 spiro atoms. The molecule has 11 heteroatoms. The third kappa shape index (κ3) is 5.91. The number of rotatable bonds is 7. The maximum Gasteiger partial charge on any atom is 0.305 e. The molecule has 2 aromatic rings. The van der Waals surface area contributed by atoms with Crippen LogP contribution in [-0.4, -0.2) is 78.6 Å². The van der Waals surface area contributed by atoms with Gasteiger partial charge in [0.15, 0.2) is 9.84 Å². The van der Waals surface area contributed by atoms with Crippen LogP contribution in [0, 0.1) is 0 Å². The highest BCUT2D eigenvalue weighted by atomic mass is 32.2. The van der Waals surface area contributed by atoms with Gasteiger partial charge in [-0.25, -0.2) is 13.1 Å². The molecular formula is C20H24N4O6S. The average Bonchev–Trinajstić information content (AvgIpc) is 3.27. The molecule has 0 radical (unpaired) electrons. The van der Waals surface area contributed by atoms with Crippen molar-refractivity contribution in [3.05, 3.63) is 48.3 Å². The van der Waals surface area contributed by atoms with Crippen molar-refractivity contribution >= 4 is 27.6 Å². The highest BCUT2D eigenvalue weighted by Gasteiger charge is 2.31. The number of sulfone groups is 1. The monoisotopic (exact) mass is 448 g/mol. The number of aromatic nitrogens is 2. The van der Waals surface area contributed by atoms with E-state index in [0.29, 0.717) is 0 Å². The highest BCUT2D eigenvalue weighted by Crippen LogP contribution is 2.12. The lowest BCUT2D eigenvalue weighted by molar-refractivity contribution is -0.141. The number of amides is 2. The number of methoxy groups -OCH3 is 1. The minimum atomic E-state index is -3.16. The van der Waals surface area contributed by atoms with Gasteiger partial charge in [0, 0.05) is 25.7 Å². The molecule has 0 saturated carbocycles. The van der Waals surface area contributed by atoms with Gasteiger partial charge < -0.3 is 15.0 Å². The van der Waals surface area contributed by atoms with Crippen LogP contribution in [0.25, 0.3) is 5.69 Å². The predicted octanol–water partition coefficient (Wildman–Crippen LogP) is 0.181. The van der Waals surface area contributed by atoms with Crippen LogP contribution in [0.4, 0.5) is 0 Å². The van der Waals surface area contributed by atoms with Gasteiger partial charge in [0.1, 0.15) is 6.04 Å². The van der Waals surface area contributed by atoms with E-state index in [1.807, 2.05) is 30.3 Å². The zero-order chi connectivity index (χ0) is 22.4. The fourth-order valence-electron chi connectivity index (χ4n) is 3.18. The standard InChI is InChI=1S/C20H24N4O6S/c1-30-18(25)8-7-17(20(27)23-9-11-31(28,29)12-10-23)22-19(26)15-13-21-24(14-15)16-5-3-2-4-6-16/h2-6,13-14,17H,7-12H2,1H3,(H,22,26)/t17-/m0/s1. The maximum absolute atomic E-state index is 12.9. The Morgan fingerprint density at radius 1 is 1.16 bits per heavy atom. The molecule has 1 aliphatic rings. The molecule has 1 fully saturated rings. The van der Waals surface area contributed by atoms with Gasteiger partial charge >= 0.3 is 5.97 Å². The maximum atomic E-state index is 12.9. The Balaban J connectivity index is 1.71. The summed E-state index contributed by atoms with van der Waals surface area (Å²) in [4.78, 5) is 38.7. The molecule has 1 aromatic heterocycles. The molecule has 2 amide bonds. The number of carbonyl (C=O) groups excluding carboxylic acids is 3. The largest absolute Gasteiger partial charge is 0.469 e. The summed E-state index contributed by atoms with van der Waals surface area (Å²) in [5.74, 6) is -1.71. The van der Waals surface area contributed by atoms with E-state index in [9.17, 15) is 22.8 Å². The lowest BCUT2D eigenvalue weighted by atomic mass is 10.1. The molecule has 1 atom stereocenters. The number of esters is 1. The van der Waals surface area contributed by atoms with Crippen LogP contribution in [-0.2, 0) is 24.2 Å². The molecule has 10 nitrogen and oxygen atoms in total. The Bertz CT molecular complexity index is 1040. The van der Waals surface area contributed by atoms with Crippen molar-refractivity contribution in [1.82, 2.24) is 20.0 Å². The molecule has 1 aromatic carbocycles. The van der Waals surface area contributed by atoms with Gasteiger partial charge in [0.2, 0.25) is 5.91 Å². The van der Waals surface area contributed by atoms with Gasteiger partial charge in [-0.3, -0.25) is 14.4 Å². The molecule has 31 heavy (non-hydrogen) atoms. The van der Waals surface area contributed by atoms with E-state index in [1.54, 1.807) is 6.20 Å². The Morgan fingerprint density at radius 3 is 2.48 bits per heavy atom. The second-order valence-corrected chi connectivity index (χ2v) is 9.43. The van der Waals surface area contributed by atoms with Crippen LogP contribution in [0.2, 0.25) is 0 Å². The number of para-hydroxylation sites is 1. The Morgan fingerprint density at radius 2 is 1.84 bits per heavy atom. The number of carbonyl (C=O) groups is 3. The first-order valence-corrected chi connectivity index (χ1v) is 11.6. The number of nitrogens with one attached hydrogen (secondary N) is 1. The smallest absolute Gasteiger partial charge is 0.305 e. The van der Waals surface area contributed by atoms with Crippen LogP contribution in [0.15, 0.2) is 42.7 Å². The van der Waals surface area contributed by atoms with Crippen LogP contribution in [0.5, 0.6) is 0 Å². The van der Waals surface area contributed by atoms with E-state index >= 15 is 0 Å². The van der Waals surface area contributed by atoms with Gasteiger partial charge in [-0.05, 0) is 18.6 Å². The van der Waals surface area contributed by atoms with E-state index in [1.165, 1.54) is 22.9 Å². The first-order valence-electron chi connectivity index (χ1n) is 9.76. The summed E-state index contributed by atoms with van der Waals surface area (Å²) in [6.07, 6.45) is 2.90. The summed E-state index contributed by atoms with van der Waals surface area (Å²) < 4.78 is 29.5. The fourth-order valence-corrected chi connectivity index (χ4v) is 4.38. The SMILES string of the molecule is COC(=O)CC[C@H](NC(=O)c1cnn(-c2ccccc2)c1)C(=O)N1CCS(=O)(=O)CC1. The van der Waals surface area contributed by atoms with Crippen LogP contribution in [0.3, 0.4) is 0 Å². The molecule has 166 valence electrons. The lowest BCUT2D eigenvalue weighted by Crippen LogP contribution is -2.53. The Kier molecular flexibility index (Phi) is 7.06. The Hall–Kier alpha value is -3.21. The summed E-state index contributed by atoms with van der Waals surface area (Å²) in [7, 11) is -1.92. The summed E-state index contributed by atoms with van der Waals surface area (Å²) in [6, 6.07) is 8.23. The lowest BCUT2D eigenvalue weighted by Gasteiger charge is -2.30. The van der Waals surface area contributed by atoms with Crippen molar-refractivity contribution in [2.75, 3.05) is 31.7 Å². The molecular weight excluding hydrogens is 424 g/mol. The van der Waals surface area contributed by atoms with Gasteiger partial charge in [0.05, 0.1) is 36.1 Å². The van der Waals surface area contributed by atoms with Crippen LogP contribution >= 0.6 is 0 Å². The van der Waals surface area contributed by atoms with E-state index < -0.39 is 33.7 Å². The van der Waals surface area contributed by atoms with Gasteiger partial charge in [-0.1, -0.05) is 18.2 Å². The number of hydrogen-bond acceptors (Lipinski definition) is 7. The number of benzene rings is 1. The van der Waals surface area contributed by atoms with Crippen molar-refractivity contribution in [3.63, 3.8) is 0 Å². The van der Waals surface area contributed by atoms with Gasteiger partial charge in [-0.15, -0.1) is 0 Å². The van der Waals surface area contributed by atoms with E-state index in [-0.39, 0.29) is 43.0 Å². The van der Waals surface area contributed by atoms with E-state index in [4.69, 9.17) is 0 Å². The minimum absolute atomic E-state index is 0.0350. The van der Waals surface area contributed by atoms with Crippen molar-refractivity contribution in [3.8, 4) is 5.69 Å². The molecule has 0 bridgehead atoms. The number of ether oxygens (including phenoxy) is 1. The normalized spacial score (nSPS) is 16.4. The van der Waals surface area contributed by atoms with Crippen LogP contribution < -0.4 is 5.32 Å². The minimum Gasteiger partial charge on any atom is -0.469 e. The number of nitrogens with zero attached hydrogens (tertiary/aromatic N) is 3. The molecule has 0 unspecified atom stereocenters. The zero-order valence-corrected chi connectivity index (χ0v) is 17.9. The second kappa shape index (κ2) is 9.73. The number of hydrogen-bond donors (Lipinski definition) is 1. The molecule has 1 saturated heterocycles. The third-order valence-corrected chi connectivity index (χ3v) is 6.60. The van der Waals surface area contributed by atoms with Crippen molar-refractivity contribution in [2.24, 2.45) is 0 Å². The molecule has 1 N–H and O–H groups in total. The summed E-state index contributed by atoms with van der Waals surface area (Å²) in [6.45, 7) is 0.107. The zero-order valence-electron chi connectivity index (χ0n) is 17.1. The highest BCUT2D eigenvalue weighted by molar-refractivity contribution is 7.91. The molecule has 3 rings (SSSR count). The van der Waals surface area contributed by atoms with Crippen molar-refractivity contribution < 1.29 is 27.5 Å². The fraction of sp³-hybridized carbons (Fsp3) is 0.400. The molecule has 1 aliphatic heterocycles. The molecule has 0 aliphatic carbocycles. The van der Waals surface area contributed by atoms with Gasteiger partial charge in [-0.2, -0.15) is 5.10 Å². The van der Waals surface area contributed by atoms with Crippen molar-refractivity contribution in [1.29, 1.82) is 0 Å². The summed E-state index contributed by atoms with van der Waals surface area (Å²) in [5.41, 5.74) is 1.02. The second-order valence-electron chi connectivity index (χ2n) is 7.13. The summed E-state index contributed by atoms with van der Waals surface area (Å²) >= 11 is 0. The summed E-state index contributed by atoms with van der Waals surface area (Å²) in [5, 5.41) is 6.83. The van der Waals surface area contributed by atoms with Crippen molar-refractivity contribution in [2.45, 2.75) is 18.9 Å². The van der Waals surface area contributed by atoms with E-state index in [2.05, 4.69) is 15.2 Å². The van der Waals surface area contributed by atoms with Gasteiger partial charge in [0.25, 0.3) is 5.91 Å². The average molecular weight is 449 g/mol. The van der Waals surface area contributed by atoms with Crippen LogP contribution in [0.1, 0.15) is 23.2 Å². The molecule has 2 heterocycles. The Labute approximate surface area is 180 Å². The predicted molar refractivity (Wildman–Crippen MR) is 111 cm³/mol. The topological polar surface area (TPSA) is 128 Å². The first kappa shape index (κ1) is 22.5.